The van der Waals surface area contributed by atoms with E-state index in [1.54, 1.807) is 13.8 Å². The number of carbonyl (C=O) groups excluding carboxylic acids is 2. The minimum absolute atomic E-state index is 0.150. The molecule has 1 aromatic rings. The van der Waals surface area contributed by atoms with E-state index < -0.39 is 5.54 Å². The summed E-state index contributed by atoms with van der Waals surface area (Å²) < 4.78 is 0. The predicted molar refractivity (Wildman–Crippen MR) is 81.7 cm³/mol. The minimum atomic E-state index is -0.784. The number of rotatable bonds is 6. The van der Waals surface area contributed by atoms with Crippen LogP contribution in [0.4, 0.5) is 4.79 Å². The molecule has 1 saturated heterocycles. The zero-order chi connectivity index (χ0) is 15.5. The molecule has 2 rings (SSSR count). The second-order valence-electron chi connectivity index (χ2n) is 5.87. The Labute approximate surface area is 125 Å². The van der Waals surface area contributed by atoms with Gasteiger partial charge in [0.1, 0.15) is 5.54 Å². The van der Waals surface area contributed by atoms with Crippen molar-refractivity contribution < 1.29 is 9.59 Å². The van der Waals surface area contributed by atoms with E-state index in [1.807, 2.05) is 18.2 Å². The van der Waals surface area contributed by atoms with Crippen LogP contribution in [-0.2, 0) is 11.3 Å². The summed E-state index contributed by atoms with van der Waals surface area (Å²) in [6.07, 6.45) is 0. The van der Waals surface area contributed by atoms with E-state index in [1.165, 1.54) is 10.5 Å². The first kappa shape index (κ1) is 15.5. The topological polar surface area (TPSA) is 52.6 Å². The Kier molecular flexibility index (Phi) is 4.63. The zero-order valence-electron chi connectivity index (χ0n) is 12.9. The molecule has 0 radical (unpaired) electrons. The van der Waals surface area contributed by atoms with Crippen molar-refractivity contribution in [3.8, 4) is 0 Å². The predicted octanol–water partition coefficient (Wildman–Crippen LogP) is 1.84. The molecule has 0 spiro atoms. The van der Waals surface area contributed by atoms with E-state index in [0.29, 0.717) is 13.1 Å². The molecule has 114 valence electrons. The molecule has 1 heterocycles. The van der Waals surface area contributed by atoms with Crippen LogP contribution >= 0.6 is 0 Å². The molecule has 1 N–H and O–H groups in total. The average molecular weight is 289 g/mol. The summed E-state index contributed by atoms with van der Waals surface area (Å²) >= 11 is 0. The molecule has 0 aliphatic carbocycles. The number of imide groups is 1. The number of likely N-dealkylation sites (N-methyl/N-ethyl adjacent to an activating group) is 1. The summed E-state index contributed by atoms with van der Waals surface area (Å²) in [5.41, 5.74) is 0.449. The molecular weight excluding hydrogens is 266 g/mol. The van der Waals surface area contributed by atoms with Gasteiger partial charge in [0.15, 0.2) is 0 Å². The minimum Gasteiger partial charge on any atom is -0.324 e. The summed E-state index contributed by atoms with van der Waals surface area (Å²) in [5, 5.41) is 2.70. The van der Waals surface area contributed by atoms with E-state index >= 15 is 0 Å². The van der Waals surface area contributed by atoms with Crippen molar-refractivity contribution in [1.29, 1.82) is 0 Å². The molecule has 0 aromatic heterocycles. The monoisotopic (exact) mass is 289 g/mol. The number of nitrogens with one attached hydrogen (secondary N) is 1. The van der Waals surface area contributed by atoms with E-state index in [0.717, 1.165) is 13.1 Å². The van der Waals surface area contributed by atoms with Crippen molar-refractivity contribution in [3.05, 3.63) is 35.9 Å². The summed E-state index contributed by atoms with van der Waals surface area (Å²) in [6, 6.07) is 9.90. The quantitative estimate of drug-likeness (QED) is 0.813. The fourth-order valence-corrected chi connectivity index (χ4v) is 2.45. The van der Waals surface area contributed by atoms with E-state index in [4.69, 9.17) is 0 Å². The number of carbonyl (C=O) groups is 2. The van der Waals surface area contributed by atoms with E-state index in [9.17, 15) is 9.59 Å². The van der Waals surface area contributed by atoms with Gasteiger partial charge in [-0.1, -0.05) is 37.3 Å². The molecular formula is C16H23N3O2. The standard InChI is InChI=1S/C16H23N3O2/c1-4-18(12-13-8-6-5-7-9-13)10-11-19-14(20)16(2,3)17-15(19)21/h5-9H,4,10-12H2,1-3H3,(H,17,21). The Morgan fingerprint density at radius 1 is 1.19 bits per heavy atom. The maximum absolute atomic E-state index is 12.1. The van der Waals surface area contributed by atoms with Crippen LogP contribution in [0.1, 0.15) is 26.3 Å². The molecule has 0 saturated carbocycles. The first-order valence-electron chi connectivity index (χ1n) is 7.34. The Morgan fingerprint density at radius 3 is 2.38 bits per heavy atom. The van der Waals surface area contributed by atoms with Gasteiger partial charge in [0, 0.05) is 19.6 Å². The molecule has 1 aromatic carbocycles. The van der Waals surface area contributed by atoms with Crippen LogP contribution in [0, 0.1) is 0 Å². The summed E-state index contributed by atoms with van der Waals surface area (Å²) in [7, 11) is 0. The number of nitrogens with zero attached hydrogens (tertiary/aromatic N) is 2. The third-order valence-electron chi connectivity index (χ3n) is 3.78. The number of urea groups is 1. The van der Waals surface area contributed by atoms with Gasteiger partial charge in [0.25, 0.3) is 5.91 Å². The molecule has 5 heteroatoms. The lowest BCUT2D eigenvalue weighted by molar-refractivity contribution is -0.130. The summed E-state index contributed by atoms with van der Waals surface area (Å²) in [6.45, 7) is 8.35. The van der Waals surface area contributed by atoms with Crippen LogP contribution in [0.15, 0.2) is 30.3 Å². The second-order valence-corrected chi connectivity index (χ2v) is 5.87. The molecule has 0 bridgehead atoms. The van der Waals surface area contributed by atoms with Crippen LogP contribution in [0.5, 0.6) is 0 Å². The molecule has 5 nitrogen and oxygen atoms in total. The van der Waals surface area contributed by atoms with Crippen LogP contribution in [0.25, 0.3) is 0 Å². The van der Waals surface area contributed by atoms with Crippen molar-refractivity contribution in [2.75, 3.05) is 19.6 Å². The largest absolute Gasteiger partial charge is 0.325 e. The van der Waals surface area contributed by atoms with Crippen LogP contribution < -0.4 is 5.32 Å². The second kappa shape index (κ2) is 6.26. The fourth-order valence-electron chi connectivity index (χ4n) is 2.45. The lowest BCUT2D eigenvalue weighted by Gasteiger charge is -2.23. The Bertz CT molecular complexity index is 514. The van der Waals surface area contributed by atoms with Gasteiger partial charge in [-0.25, -0.2) is 4.79 Å². The molecule has 21 heavy (non-hydrogen) atoms. The fraction of sp³-hybridized carbons (Fsp3) is 0.500. The van der Waals surface area contributed by atoms with Gasteiger partial charge in [-0.3, -0.25) is 14.6 Å². The Morgan fingerprint density at radius 2 is 1.86 bits per heavy atom. The van der Waals surface area contributed by atoms with Gasteiger partial charge in [-0.15, -0.1) is 0 Å². The van der Waals surface area contributed by atoms with Gasteiger partial charge in [0.2, 0.25) is 0 Å². The third-order valence-corrected chi connectivity index (χ3v) is 3.78. The van der Waals surface area contributed by atoms with Crippen molar-refractivity contribution >= 4 is 11.9 Å². The molecule has 0 unspecified atom stereocenters. The Hall–Kier alpha value is -1.88. The van der Waals surface area contributed by atoms with Gasteiger partial charge < -0.3 is 5.32 Å². The highest BCUT2D eigenvalue weighted by Gasteiger charge is 2.43. The zero-order valence-corrected chi connectivity index (χ0v) is 12.9. The number of amides is 3. The van der Waals surface area contributed by atoms with Gasteiger partial charge in [-0.05, 0) is 26.0 Å². The Balaban J connectivity index is 1.92. The normalized spacial score (nSPS) is 17.4. The highest BCUT2D eigenvalue weighted by Crippen LogP contribution is 2.16. The SMILES string of the molecule is CCN(CCN1C(=O)NC(C)(C)C1=O)Cc1ccccc1. The molecule has 1 aliphatic heterocycles. The number of hydrogen-bond donors (Lipinski definition) is 1. The van der Waals surface area contributed by atoms with Gasteiger partial charge >= 0.3 is 6.03 Å². The maximum Gasteiger partial charge on any atom is 0.325 e. The highest BCUT2D eigenvalue weighted by molar-refractivity contribution is 6.06. The molecule has 3 amide bonds. The molecule has 1 fully saturated rings. The van der Waals surface area contributed by atoms with Crippen molar-refractivity contribution in [3.63, 3.8) is 0 Å². The van der Waals surface area contributed by atoms with Crippen molar-refractivity contribution in [2.24, 2.45) is 0 Å². The van der Waals surface area contributed by atoms with Crippen molar-refractivity contribution in [1.82, 2.24) is 15.1 Å². The van der Waals surface area contributed by atoms with Crippen molar-refractivity contribution in [2.45, 2.75) is 32.9 Å². The average Bonchev–Trinajstić information content (AvgIpc) is 2.65. The first-order valence-corrected chi connectivity index (χ1v) is 7.34. The maximum atomic E-state index is 12.1. The van der Waals surface area contributed by atoms with Crippen LogP contribution in [-0.4, -0.2) is 46.9 Å². The van der Waals surface area contributed by atoms with E-state index in [-0.39, 0.29) is 11.9 Å². The summed E-state index contributed by atoms with van der Waals surface area (Å²) in [5.74, 6) is -0.150. The smallest absolute Gasteiger partial charge is 0.324 e. The number of hydrogen-bond acceptors (Lipinski definition) is 3. The highest BCUT2D eigenvalue weighted by atomic mass is 16.2. The lowest BCUT2D eigenvalue weighted by atomic mass is 10.1. The van der Waals surface area contributed by atoms with E-state index in [2.05, 4.69) is 29.3 Å². The van der Waals surface area contributed by atoms with Crippen LogP contribution in [0.2, 0.25) is 0 Å². The van der Waals surface area contributed by atoms with Gasteiger partial charge in [-0.2, -0.15) is 0 Å². The molecule has 0 atom stereocenters. The summed E-state index contributed by atoms with van der Waals surface area (Å²) in [4.78, 5) is 27.5. The third kappa shape index (κ3) is 3.61. The van der Waals surface area contributed by atoms with Crippen LogP contribution in [0.3, 0.4) is 0 Å². The lowest BCUT2D eigenvalue weighted by Crippen LogP contribution is -2.41. The molecule has 1 aliphatic rings. The first-order chi connectivity index (χ1) is 9.94. The number of benzene rings is 1. The van der Waals surface area contributed by atoms with Gasteiger partial charge in [0.05, 0.1) is 0 Å².